The van der Waals surface area contributed by atoms with Crippen molar-refractivity contribution in [3.05, 3.63) is 51.1 Å². The van der Waals surface area contributed by atoms with Crippen LogP contribution in [-0.4, -0.2) is 45.5 Å². The Balaban J connectivity index is 1.32. The van der Waals surface area contributed by atoms with Gasteiger partial charge < -0.3 is 19.1 Å². The third-order valence-corrected chi connectivity index (χ3v) is 11.7. The number of ether oxygens (including phenoxy) is 2. The van der Waals surface area contributed by atoms with Crippen molar-refractivity contribution in [1.29, 1.82) is 0 Å². The summed E-state index contributed by atoms with van der Waals surface area (Å²) in [6.45, 7) is 3.07. The molecule has 0 heterocycles. The van der Waals surface area contributed by atoms with Crippen LogP contribution in [0.1, 0.15) is 49.7 Å². The number of esters is 1. The summed E-state index contributed by atoms with van der Waals surface area (Å²) in [7, 11) is -8.84. The molecule has 13 heteroatoms. The Morgan fingerprint density at radius 1 is 1.02 bits per heavy atom. The molecule has 2 atom stereocenters. The van der Waals surface area contributed by atoms with Crippen molar-refractivity contribution in [2.75, 3.05) is 6.61 Å². The number of aryl methyl sites for hydroxylation is 2. The van der Waals surface area contributed by atoms with Crippen LogP contribution in [0.2, 0.25) is 0 Å². The summed E-state index contributed by atoms with van der Waals surface area (Å²) < 4.78 is 75.5. The predicted octanol–water partition coefficient (Wildman–Crippen LogP) is 3.22. The highest BCUT2D eigenvalue weighted by Crippen LogP contribution is 2.63. The molecule has 4 aliphatic rings. The van der Waals surface area contributed by atoms with Gasteiger partial charge in [0.1, 0.15) is 21.5 Å². The first-order valence-corrected chi connectivity index (χ1v) is 16.7. The average molecular weight is 702 g/mol. The fourth-order valence-corrected chi connectivity index (χ4v) is 10.1. The summed E-state index contributed by atoms with van der Waals surface area (Å²) in [5.74, 6) is -0.912. The lowest BCUT2D eigenvalue weighted by atomic mass is 9.47. The third-order valence-electron chi connectivity index (χ3n) is 8.13. The summed E-state index contributed by atoms with van der Waals surface area (Å²) in [5.41, 5.74) is -0.494. The number of hydrogen-bond donors (Lipinski definition) is 0. The van der Waals surface area contributed by atoms with Crippen molar-refractivity contribution >= 4 is 54.6 Å². The monoisotopic (exact) mass is 701 g/mol. The maximum atomic E-state index is 13.6. The van der Waals surface area contributed by atoms with E-state index < -0.39 is 49.6 Å². The highest BCUT2D eigenvalue weighted by atomic mass is 127. The van der Waals surface area contributed by atoms with Gasteiger partial charge in [-0.1, -0.05) is 17.7 Å². The van der Waals surface area contributed by atoms with Crippen molar-refractivity contribution in [1.82, 2.24) is 0 Å². The topological polar surface area (TPSA) is 162 Å². The lowest BCUT2D eigenvalue weighted by molar-refractivity contribution is -0.254. The molecule has 4 saturated carbocycles. The second kappa shape index (κ2) is 10.2. The molecule has 10 nitrogen and oxygen atoms in total. The highest BCUT2D eigenvalue weighted by molar-refractivity contribution is 14.1. The summed E-state index contributed by atoms with van der Waals surface area (Å²) >= 11 is 1.70. The van der Waals surface area contributed by atoms with Gasteiger partial charge in [0.15, 0.2) is 6.61 Å². The molecular formula is C27H28INO9S2-2. The van der Waals surface area contributed by atoms with Crippen LogP contribution in [0.15, 0.2) is 50.6 Å². The largest absolute Gasteiger partial charge is 0.861 e. The van der Waals surface area contributed by atoms with Crippen LogP contribution in [0.5, 0.6) is 5.75 Å². The fraction of sp³-hybridized carbons (Fsp3) is 0.481. The van der Waals surface area contributed by atoms with Gasteiger partial charge in [-0.2, -0.15) is 12.8 Å². The van der Waals surface area contributed by atoms with Crippen LogP contribution in [0.25, 0.3) is 0 Å². The molecular weight excluding hydrogens is 673 g/mol. The van der Waals surface area contributed by atoms with E-state index in [4.69, 9.17) is 9.47 Å². The summed E-state index contributed by atoms with van der Waals surface area (Å²) in [5, 5.41) is 13.6. The minimum Gasteiger partial charge on any atom is -0.861 e. The number of carbonyl (C=O) groups is 1. The zero-order chi connectivity index (χ0) is 29.1. The number of benzene rings is 2. The molecule has 4 fully saturated rings. The molecule has 216 valence electrons. The van der Waals surface area contributed by atoms with E-state index in [-0.39, 0.29) is 37.4 Å². The predicted molar refractivity (Wildman–Crippen MR) is 149 cm³/mol. The Kier molecular flexibility index (Phi) is 7.50. The molecule has 2 aromatic rings. The summed E-state index contributed by atoms with van der Waals surface area (Å²) in [6, 6.07) is 8.62. The van der Waals surface area contributed by atoms with E-state index in [1.807, 2.05) is 6.92 Å². The SMILES string of the molecule is Cc1ccc(S(=O)(=O)/N=C(\[O-])C23CC4CC(CC(OC(=O)COc5ccc(S(=O)(=O)[O-])c(I)c5)(C4)C2)C3)c(C)c1. The van der Waals surface area contributed by atoms with Gasteiger partial charge in [0.2, 0.25) is 0 Å². The van der Waals surface area contributed by atoms with E-state index in [2.05, 4.69) is 4.40 Å². The second-order valence-corrected chi connectivity index (χ2v) is 15.5. The Labute approximate surface area is 247 Å². The Bertz CT molecular complexity index is 1600. The standard InChI is InChI=1S/C27H30INO9S2/c1-16-3-5-22(17(2)7-16)39(32,33)29-25(31)26-10-18-8-19(11-26)13-27(12-18,15-26)38-24(30)14-37-20-4-6-23(21(28)9-20)40(34,35)36/h3-7,9,18-19H,8,10-15H2,1-2H3,(H,29,31)(H,34,35,36)/p-2. The normalized spacial score (nSPS) is 27.9. The number of sulfonamides is 1. The quantitative estimate of drug-likeness (QED) is 0.132. The molecule has 0 radical (unpaired) electrons. The van der Waals surface area contributed by atoms with Gasteiger partial charge in [-0.05, 0) is 123 Å². The molecule has 6 rings (SSSR count). The lowest BCUT2D eigenvalue weighted by Gasteiger charge is -2.62. The van der Waals surface area contributed by atoms with E-state index in [0.717, 1.165) is 18.1 Å². The van der Waals surface area contributed by atoms with Gasteiger partial charge in [-0.25, -0.2) is 13.2 Å². The number of hydrogen-bond acceptors (Lipinski definition) is 9. The molecule has 40 heavy (non-hydrogen) atoms. The minimum atomic E-state index is -4.63. The van der Waals surface area contributed by atoms with E-state index in [1.165, 1.54) is 18.2 Å². The number of carbonyl (C=O) groups excluding carboxylic acids is 1. The van der Waals surface area contributed by atoms with Crippen LogP contribution >= 0.6 is 22.6 Å². The van der Waals surface area contributed by atoms with Crippen molar-refractivity contribution in [2.24, 2.45) is 21.6 Å². The van der Waals surface area contributed by atoms with Crippen molar-refractivity contribution < 1.29 is 40.8 Å². The average Bonchev–Trinajstić information content (AvgIpc) is 2.80. The van der Waals surface area contributed by atoms with Crippen molar-refractivity contribution in [3.63, 3.8) is 0 Å². The van der Waals surface area contributed by atoms with E-state index in [1.54, 1.807) is 41.6 Å². The van der Waals surface area contributed by atoms with Crippen molar-refractivity contribution in [3.8, 4) is 5.75 Å². The van der Waals surface area contributed by atoms with Crippen molar-refractivity contribution in [2.45, 2.75) is 67.8 Å². The van der Waals surface area contributed by atoms with Crippen LogP contribution in [0.3, 0.4) is 0 Å². The van der Waals surface area contributed by atoms with Crippen LogP contribution in [-0.2, 0) is 29.7 Å². The van der Waals surface area contributed by atoms with Crippen LogP contribution < -0.4 is 9.84 Å². The summed E-state index contributed by atoms with van der Waals surface area (Å²) in [4.78, 5) is 12.5. The maximum absolute atomic E-state index is 13.6. The fourth-order valence-electron chi connectivity index (χ4n) is 7.08. The molecule has 4 aliphatic carbocycles. The molecule has 0 aliphatic heterocycles. The van der Waals surface area contributed by atoms with E-state index >= 15 is 0 Å². The Morgan fingerprint density at radius 2 is 1.68 bits per heavy atom. The zero-order valence-corrected chi connectivity index (χ0v) is 25.7. The molecule has 0 N–H and O–H groups in total. The number of halogens is 1. The molecule has 0 aromatic heterocycles. The van der Waals surface area contributed by atoms with Gasteiger partial charge in [0, 0.05) is 8.99 Å². The van der Waals surface area contributed by atoms with Crippen LogP contribution in [0, 0.1) is 34.7 Å². The highest BCUT2D eigenvalue weighted by Gasteiger charge is 2.60. The maximum Gasteiger partial charge on any atom is 0.344 e. The molecule has 4 bridgehead atoms. The van der Waals surface area contributed by atoms with Gasteiger partial charge in [0.05, 0.1) is 9.79 Å². The Hall–Kier alpha value is -2.23. The first kappa shape index (κ1) is 29.3. The minimum absolute atomic E-state index is 0.00464. The lowest BCUT2D eigenvalue weighted by Crippen LogP contribution is -2.61. The van der Waals surface area contributed by atoms with Crippen LogP contribution in [0.4, 0.5) is 0 Å². The van der Waals surface area contributed by atoms with Gasteiger partial charge in [0.25, 0.3) is 10.0 Å². The number of nitrogens with zero attached hydrogens (tertiary/aromatic N) is 1. The van der Waals surface area contributed by atoms with Gasteiger partial charge >= 0.3 is 5.97 Å². The molecule has 2 aromatic carbocycles. The van der Waals surface area contributed by atoms with E-state index in [9.17, 15) is 31.3 Å². The molecule has 0 saturated heterocycles. The van der Waals surface area contributed by atoms with E-state index in [0.29, 0.717) is 31.2 Å². The first-order valence-electron chi connectivity index (χ1n) is 12.8. The molecule has 0 spiro atoms. The van der Waals surface area contributed by atoms with Gasteiger partial charge in [-0.15, -0.1) is 0 Å². The summed E-state index contributed by atoms with van der Waals surface area (Å²) in [6.07, 6.45) is 3.29. The van der Waals surface area contributed by atoms with Gasteiger partial charge in [-0.3, -0.25) is 0 Å². The third kappa shape index (κ3) is 5.74. The Morgan fingerprint density at radius 3 is 2.27 bits per heavy atom. The molecule has 0 amide bonds. The second-order valence-electron chi connectivity index (χ2n) is 11.4. The molecule has 2 unspecified atom stereocenters. The first-order chi connectivity index (χ1) is 18.6. The smallest absolute Gasteiger partial charge is 0.344 e. The zero-order valence-electron chi connectivity index (χ0n) is 21.9. The number of rotatable bonds is 8.